The summed E-state index contributed by atoms with van der Waals surface area (Å²) in [6.45, 7) is 2.80. The van der Waals surface area contributed by atoms with Gasteiger partial charge in [0.2, 0.25) is 0 Å². The third-order valence-corrected chi connectivity index (χ3v) is 4.94. The molecule has 3 N–H and O–H groups in total. The van der Waals surface area contributed by atoms with E-state index in [-0.39, 0.29) is 11.7 Å². The van der Waals surface area contributed by atoms with E-state index in [2.05, 4.69) is 20.2 Å². The molecule has 0 radical (unpaired) electrons. The Morgan fingerprint density at radius 1 is 1.34 bits per heavy atom. The van der Waals surface area contributed by atoms with Crippen LogP contribution in [0.4, 0.5) is 10.2 Å². The van der Waals surface area contributed by atoms with Crippen LogP contribution in [0.3, 0.4) is 0 Å². The molecule has 0 saturated carbocycles. The predicted octanol–water partition coefficient (Wildman–Crippen LogP) is 1.96. The van der Waals surface area contributed by atoms with Gasteiger partial charge in [0.05, 0.1) is 30.3 Å². The lowest BCUT2D eigenvalue weighted by Crippen LogP contribution is -2.37. The maximum Gasteiger partial charge on any atom is 0.320 e. The number of amides is 1. The number of aliphatic imine (C=N–C) groups is 1. The molecule has 9 nitrogen and oxygen atoms in total. The molecule has 3 heterocycles. The largest absolute Gasteiger partial charge is 0.402 e. The highest BCUT2D eigenvalue weighted by Crippen LogP contribution is 2.23. The van der Waals surface area contributed by atoms with Gasteiger partial charge in [-0.15, -0.1) is 0 Å². The van der Waals surface area contributed by atoms with Gasteiger partial charge in [0.25, 0.3) is 5.91 Å². The molecular formula is C22H23FN7O2+. The Labute approximate surface area is 184 Å². The summed E-state index contributed by atoms with van der Waals surface area (Å²) in [6, 6.07) is 8.38. The Hall–Kier alpha value is -3.92. The first-order valence-corrected chi connectivity index (χ1v) is 10.1. The zero-order chi connectivity index (χ0) is 22.5. The molecule has 2 aromatic heterocycles. The van der Waals surface area contributed by atoms with Crippen molar-refractivity contribution in [2.45, 2.75) is 19.6 Å². The minimum absolute atomic E-state index is 0.175. The normalized spacial score (nSPS) is 16.8. The second-order valence-corrected chi connectivity index (χ2v) is 7.28. The summed E-state index contributed by atoms with van der Waals surface area (Å²) in [5.74, 6) is -0.0586. The number of nitrogens with one attached hydrogen (secondary N) is 1. The quantitative estimate of drug-likeness (QED) is 0.594. The molecular weight excluding hydrogens is 413 g/mol. The van der Waals surface area contributed by atoms with Crippen LogP contribution in [0.15, 0.2) is 65.7 Å². The molecule has 1 unspecified atom stereocenters. The van der Waals surface area contributed by atoms with Crippen LogP contribution >= 0.6 is 0 Å². The standard InChI is InChI=1S/C22H22FN7O2/c1-15-2-4-19(30-27-8-9-28-30)18(12-15)22(31)29-10-11-32-21(29)13-17(24)6-7-25-20-5-3-16(23)14-26-20/h2-9,12,14,21H,10-11,13,24H2,1H3/p+1. The van der Waals surface area contributed by atoms with E-state index >= 15 is 0 Å². The summed E-state index contributed by atoms with van der Waals surface area (Å²) in [6.07, 6.45) is 7.32. The number of hydrogen-bond acceptors (Lipinski definition) is 6. The van der Waals surface area contributed by atoms with E-state index in [1.54, 1.807) is 23.4 Å². The van der Waals surface area contributed by atoms with Crippen molar-refractivity contribution in [3.8, 4) is 5.69 Å². The summed E-state index contributed by atoms with van der Waals surface area (Å²) in [5.41, 5.74) is 8.68. The fourth-order valence-electron chi connectivity index (χ4n) is 3.37. The minimum Gasteiger partial charge on any atom is -0.402 e. The lowest BCUT2D eigenvalue weighted by Gasteiger charge is -2.24. The number of H-pyrrole nitrogens is 1. The summed E-state index contributed by atoms with van der Waals surface area (Å²) < 4.78 is 18.7. The van der Waals surface area contributed by atoms with E-state index in [9.17, 15) is 9.18 Å². The second kappa shape index (κ2) is 9.48. The molecule has 3 aromatic rings. The van der Waals surface area contributed by atoms with Gasteiger partial charge < -0.3 is 15.4 Å². The van der Waals surface area contributed by atoms with Crippen LogP contribution in [-0.4, -0.2) is 51.4 Å². The van der Waals surface area contributed by atoms with Crippen molar-refractivity contribution in [3.05, 3.63) is 77.6 Å². The Kier molecular flexibility index (Phi) is 6.31. The fraction of sp³-hybridized carbons (Fsp3) is 0.227. The maximum atomic E-state index is 13.4. The number of aromatic amines is 1. The number of allylic oxidation sites excluding steroid dienone is 1. The SMILES string of the molecule is Cc1ccc(-n2nccn2)c(C(=O)N2CCOC2CC(N)=CC=Nc2ccc(F)c[nH+]2)c1. The molecule has 0 spiro atoms. The first-order chi connectivity index (χ1) is 15.5. The van der Waals surface area contributed by atoms with Gasteiger partial charge in [0, 0.05) is 30.8 Å². The van der Waals surface area contributed by atoms with Crippen molar-refractivity contribution in [2.24, 2.45) is 10.7 Å². The average molecular weight is 436 g/mol. The smallest absolute Gasteiger partial charge is 0.320 e. The van der Waals surface area contributed by atoms with Crippen LogP contribution in [-0.2, 0) is 4.74 Å². The van der Waals surface area contributed by atoms with Gasteiger partial charge in [-0.25, -0.2) is 9.37 Å². The zero-order valence-corrected chi connectivity index (χ0v) is 17.5. The number of hydrogen-bond donors (Lipinski definition) is 1. The number of carbonyl (C=O) groups excluding carboxylic acids is 1. The number of rotatable bonds is 6. The van der Waals surface area contributed by atoms with Crippen molar-refractivity contribution in [1.29, 1.82) is 0 Å². The molecule has 164 valence electrons. The lowest BCUT2D eigenvalue weighted by molar-refractivity contribution is -0.365. The highest BCUT2D eigenvalue weighted by molar-refractivity contribution is 5.98. The first kappa shape index (κ1) is 21.3. The average Bonchev–Trinajstić information content (AvgIpc) is 3.47. The fourth-order valence-corrected chi connectivity index (χ4v) is 3.37. The summed E-state index contributed by atoms with van der Waals surface area (Å²) in [4.78, 5) is 23.4. The van der Waals surface area contributed by atoms with Crippen LogP contribution in [0.25, 0.3) is 5.69 Å². The monoisotopic (exact) mass is 436 g/mol. The molecule has 32 heavy (non-hydrogen) atoms. The third-order valence-electron chi connectivity index (χ3n) is 4.94. The van der Waals surface area contributed by atoms with Gasteiger partial charge >= 0.3 is 5.82 Å². The minimum atomic E-state index is -0.497. The van der Waals surface area contributed by atoms with Gasteiger partial charge in [0.1, 0.15) is 18.6 Å². The van der Waals surface area contributed by atoms with Crippen molar-refractivity contribution >= 4 is 17.9 Å². The number of aryl methyl sites for hydroxylation is 1. The topological polar surface area (TPSA) is 113 Å². The van der Waals surface area contributed by atoms with Crippen molar-refractivity contribution in [3.63, 3.8) is 0 Å². The summed E-state index contributed by atoms with van der Waals surface area (Å²) >= 11 is 0. The number of benzene rings is 1. The van der Waals surface area contributed by atoms with Gasteiger partial charge in [0.15, 0.2) is 5.82 Å². The number of pyridine rings is 1. The molecule has 1 aromatic carbocycles. The van der Waals surface area contributed by atoms with Gasteiger partial charge in [-0.05, 0) is 30.1 Å². The van der Waals surface area contributed by atoms with E-state index in [4.69, 9.17) is 10.5 Å². The van der Waals surface area contributed by atoms with Crippen molar-refractivity contribution in [1.82, 2.24) is 19.9 Å². The van der Waals surface area contributed by atoms with Gasteiger partial charge in [-0.1, -0.05) is 11.6 Å². The van der Waals surface area contributed by atoms with Crippen LogP contribution in [0, 0.1) is 12.7 Å². The Morgan fingerprint density at radius 2 is 2.16 bits per heavy atom. The van der Waals surface area contributed by atoms with E-state index in [1.165, 1.54) is 29.3 Å². The summed E-state index contributed by atoms with van der Waals surface area (Å²) in [7, 11) is 0. The Bertz CT molecular complexity index is 1140. The molecule has 1 saturated heterocycles. The predicted molar refractivity (Wildman–Crippen MR) is 115 cm³/mol. The molecule has 0 bridgehead atoms. The number of ether oxygens (including phenoxy) is 1. The number of nitrogens with zero attached hydrogens (tertiary/aromatic N) is 5. The van der Waals surface area contributed by atoms with Crippen molar-refractivity contribution < 1.29 is 18.9 Å². The lowest BCUT2D eigenvalue weighted by atomic mass is 10.1. The van der Waals surface area contributed by atoms with Crippen molar-refractivity contribution in [2.75, 3.05) is 13.2 Å². The summed E-state index contributed by atoms with van der Waals surface area (Å²) in [5, 5.41) is 8.31. The van der Waals surface area contributed by atoms with Crippen LogP contribution in [0.1, 0.15) is 22.3 Å². The molecule has 1 aliphatic heterocycles. The molecule has 0 aliphatic carbocycles. The van der Waals surface area contributed by atoms with Crippen LogP contribution in [0.5, 0.6) is 0 Å². The number of nitrogens with two attached hydrogens (primary N) is 1. The zero-order valence-electron chi connectivity index (χ0n) is 17.5. The molecule has 1 fully saturated rings. The second-order valence-electron chi connectivity index (χ2n) is 7.28. The highest BCUT2D eigenvalue weighted by Gasteiger charge is 2.32. The molecule has 10 heteroatoms. The Morgan fingerprint density at radius 3 is 2.91 bits per heavy atom. The number of aromatic nitrogens is 4. The molecule has 1 amide bonds. The highest BCUT2D eigenvalue weighted by atomic mass is 19.1. The molecule has 1 aliphatic rings. The van der Waals surface area contributed by atoms with Gasteiger partial charge in [-0.2, -0.15) is 15.0 Å². The third kappa shape index (κ3) is 4.86. The van der Waals surface area contributed by atoms with Crippen LogP contribution in [0.2, 0.25) is 0 Å². The van der Waals surface area contributed by atoms with E-state index < -0.39 is 6.23 Å². The Balaban J connectivity index is 1.48. The number of carbonyl (C=O) groups is 1. The first-order valence-electron chi connectivity index (χ1n) is 10.1. The number of halogens is 1. The van der Waals surface area contributed by atoms with Gasteiger partial charge in [-0.3, -0.25) is 4.79 Å². The molecule has 4 rings (SSSR count). The van der Waals surface area contributed by atoms with Crippen LogP contribution < -0.4 is 10.7 Å². The van der Waals surface area contributed by atoms with E-state index in [1.807, 2.05) is 25.1 Å². The molecule has 1 atom stereocenters. The van der Waals surface area contributed by atoms with E-state index in [0.29, 0.717) is 42.3 Å². The maximum absolute atomic E-state index is 13.4. The van der Waals surface area contributed by atoms with E-state index in [0.717, 1.165) is 5.56 Å².